The van der Waals surface area contributed by atoms with Gasteiger partial charge in [0.25, 0.3) is 0 Å². The number of ether oxygens (including phenoxy) is 2. The maximum absolute atomic E-state index is 12.6. The Morgan fingerprint density at radius 3 is 2.30 bits per heavy atom. The lowest BCUT2D eigenvalue weighted by Gasteiger charge is -2.14. The van der Waals surface area contributed by atoms with Crippen LogP contribution in [0.5, 0.6) is 5.75 Å². The van der Waals surface area contributed by atoms with Gasteiger partial charge in [0.15, 0.2) is 0 Å². The molecule has 0 N–H and O–H groups in total. The van der Waals surface area contributed by atoms with Gasteiger partial charge < -0.3 is 14.0 Å². The minimum absolute atomic E-state index is 0.0226. The molecule has 154 valence electrons. The molecule has 0 unspecified atom stereocenters. The van der Waals surface area contributed by atoms with E-state index in [1.54, 1.807) is 51.2 Å². The summed E-state index contributed by atoms with van der Waals surface area (Å²) >= 11 is 3.56. The first-order valence-electron chi connectivity index (χ1n) is 8.74. The number of carbonyl (C=O) groups is 1. The predicted octanol–water partition coefficient (Wildman–Crippen LogP) is 4.67. The van der Waals surface area contributed by atoms with E-state index in [9.17, 15) is 17.8 Å². The van der Waals surface area contributed by atoms with Gasteiger partial charge in [-0.3, -0.25) is 0 Å². The van der Waals surface area contributed by atoms with E-state index in [0.717, 1.165) is 21.9 Å². The molecule has 1 aliphatic carbocycles. The second kappa shape index (κ2) is 8.44. The smallest absolute Gasteiger partial charge is 0.338 e. The maximum Gasteiger partial charge on any atom is 0.338 e. The molecule has 30 heavy (non-hydrogen) atoms. The Morgan fingerprint density at radius 1 is 0.967 bits per heavy atom. The Bertz CT molecular complexity index is 1280. The third kappa shape index (κ3) is 4.20. The van der Waals surface area contributed by atoms with Crippen LogP contribution in [0.15, 0.2) is 47.4 Å². The highest BCUT2D eigenvalue weighted by atomic mass is 127. The Balaban J connectivity index is 1.42. The zero-order chi connectivity index (χ0) is 21.5. The van der Waals surface area contributed by atoms with Gasteiger partial charge in [0, 0.05) is 7.14 Å². The number of benzene rings is 3. The van der Waals surface area contributed by atoms with Crippen molar-refractivity contribution in [1.29, 1.82) is 0 Å². The van der Waals surface area contributed by atoms with Gasteiger partial charge in [-0.2, -0.15) is 0 Å². The fourth-order valence-corrected chi connectivity index (χ4v) is 7.25. The van der Waals surface area contributed by atoms with Crippen LogP contribution in [0.3, 0.4) is 0 Å². The number of rotatable bonds is 6. The van der Waals surface area contributed by atoms with Crippen molar-refractivity contribution in [3.8, 4) is 5.75 Å². The van der Waals surface area contributed by atoms with Crippen molar-refractivity contribution in [2.45, 2.75) is 4.90 Å². The van der Waals surface area contributed by atoms with Crippen molar-refractivity contribution in [3.63, 3.8) is 0 Å². The minimum atomic E-state index is -4.56. The third-order valence-corrected chi connectivity index (χ3v) is 7.95. The highest BCUT2D eigenvalue weighted by Gasteiger charge is 2.17. The van der Waals surface area contributed by atoms with Crippen molar-refractivity contribution < 1.29 is 27.2 Å². The van der Waals surface area contributed by atoms with E-state index < -0.39 is 16.1 Å². The van der Waals surface area contributed by atoms with Crippen LogP contribution in [-0.4, -0.2) is 32.2 Å². The van der Waals surface area contributed by atoms with Gasteiger partial charge in [-0.1, -0.05) is 36.4 Å². The summed E-state index contributed by atoms with van der Waals surface area (Å²) in [5.41, 5.74) is 2.65. The molecule has 0 atom stereocenters. The van der Waals surface area contributed by atoms with Gasteiger partial charge in [-0.05, 0) is 85.3 Å². The lowest BCUT2D eigenvalue weighted by Crippen LogP contribution is -2.13. The van der Waals surface area contributed by atoms with Crippen molar-refractivity contribution in [2.24, 2.45) is 0 Å². The zero-order valence-corrected chi connectivity index (χ0v) is 20.4. The monoisotopic (exact) mass is 647 g/mol. The van der Waals surface area contributed by atoms with Crippen LogP contribution in [-0.2, 0) is 14.9 Å². The highest BCUT2D eigenvalue weighted by molar-refractivity contribution is 14.1. The van der Waals surface area contributed by atoms with Crippen LogP contribution < -0.4 is 4.74 Å². The van der Waals surface area contributed by atoms with Gasteiger partial charge in [-0.15, -0.1) is 0 Å². The van der Waals surface area contributed by atoms with Crippen LogP contribution in [0.1, 0.15) is 21.5 Å². The SMILES string of the molecule is O=C(OCCOc1cc(I)c(S(=O)(=O)[O-])c(I)c1)c1ccc2c3c(cccc13)C=C2. The Kier molecular flexibility index (Phi) is 6.06. The molecule has 0 fully saturated rings. The molecule has 0 saturated heterocycles. The molecule has 0 aliphatic heterocycles. The molecular formula is C21H13I2O6S-. The van der Waals surface area contributed by atoms with E-state index in [1.165, 1.54) is 12.1 Å². The quantitative estimate of drug-likeness (QED) is 0.131. The molecule has 0 radical (unpaired) electrons. The molecule has 4 rings (SSSR count). The van der Waals surface area contributed by atoms with E-state index in [-0.39, 0.29) is 25.2 Å². The number of esters is 1. The van der Waals surface area contributed by atoms with E-state index in [4.69, 9.17) is 9.47 Å². The predicted molar refractivity (Wildman–Crippen MR) is 128 cm³/mol. The normalized spacial score (nSPS) is 12.4. The topological polar surface area (TPSA) is 92.7 Å². The minimum Gasteiger partial charge on any atom is -0.744 e. The summed E-state index contributed by atoms with van der Waals surface area (Å²) in [7, 11) is -4.56. The second-order valence-corrected chi connectivity index (χ2v) is 10.1. The fourth-order valence-electron chi connectivity index (χ4n) is 3.33. The summed E-state index contributed by atoms with van der Waals surface area (Å²) in [6.07, 6.45) is 4.04. The van der Waals surface area contributed by atoms with Gasteiger partial charge in [0.2, 0.25) is 0 Å². The van der Waals surface area contributed by atoms with E-state index in [1.807, 2.05) is 36.4 Å². The van der Waals surface area contributed by atoms with Gasteiger partial charge in [-0.25, -0.2) is 13.2 Å². The number of carbonyl (C=O) groups excluding carboxylic acids is 1. The molecule has 0 aromatic heterocycles. The number of halogens is 2. The van der Waals surface area contributed by atoms with Gasteiger partial charge in [0.1, 0.15) is 29.1 Å². The third-order valence-electron chi connectivity index (χ3n) is 4.57. The molecule has 0 heterocycles. The molecule has 9 heteroatoms. The lowest BCUT2D eigenvalue weighted by atomic mass is 9.99. The molecule has 3 aromatic rings. The van der Waals surface area contributed by atoms with Crippen LogP contribution in [0.2, 0.25) is 0 Å². The first-order valence-corrected chi connectivity index (χ1v) is 12.3. The van der Waals surface area contributed by atoms with Crippen molar-refractivity contribution in [2.75, 3.05) is 13.2 Å². The summed E-state index contributed by atoms with van der Waals surface area (Å²) in [5.74, 6) is -0.0465. The highest BCUT2D eigenvalue weighted by Crippen LogP contribution is 2.33. The van der Waals surface area contributed by atoms with E-state index in [0.29, 0.717) is 11.3 Å². The molecule has 0 amide bonds. The van der Waals surface area contributed by atoms with Crippen LogP contribution >= 0.6 is 45.2 Å². The number of hydrogen-bond acceptors (Lipinski definition) is 6. The van der Waals surface area contributed by atoms with Crippen LogP contribution in [0.25, 0.3) is 22.9 Å². The molecule has 6 nitrogen and oxygen atoms in total. The average molecular weight is 647 g/mol. The number of hydrogen-bond donors (Lipinski definition) is 0. The second-order valence-electron chi connectivity index (χ2n) is 6.46. The molecular weight excluding hydrogens is 634 g/mol. The summed E-state index contributed by atoms with van der Waals surface area (Å²) in [6, 6.07) is 12.4. The lowest BCUT2D eigenvalue weighted by molar-refractivity contribution is 0.0452. The molecule has 1 aliphatic rings. The Morgan fingerprint density at radius 2 is 1.63 bits per heavy atom. The first kappa shape index (κ1) is 21.5. The summed E-state index contributed by atoms with van der Waals surface area (Å²) in [4.78, 5) is 12.3. The molecule has 0 bridgehead atoms. The summed E-state index contributed by atoms with van der Waals surface area (Å²) < 4.78 is 45.5. The Labute approximate surface area is 200 Å². The molecule has 3 aromatic carbocycles. The molecule has 0 saturated carbocycles. The van der Waals surface area contributed by atoms with Crippen LogP contribution in [0.4, 0.5) is 0 Å². The summed E-state index contributed by atoms with van der Waals surface area (Å²) in [6.45, 7) is 0.110. The zero-order valence-electron chi connectivity index (χ0n) is 15.2. The van der Waals surface area contributed by atoms with Crippen molar-refractivity contribution >= 4 is 84.2 Å². The maximum atomic E-state index is 12.6. The largest absolute Gasteiger partial charge is 0.744 e. The Hall–Kier alpha value is -1.70. The fraction of sp³-hybridized carbons (Fsp3) is 0.0952. The van der Waals surface area contributed by atoms with E-state index >= 15 is 0 Å². The first-order chi connectivity index (χ1) is 14.3. The van der Waals surface area contributed by atoms with Gasteiger partial charge >= 0.3 is 5.97 Å². The van der Waals surface area contributed by atoms with Crippen molar-refractivity contribution in [1.82, 2.24) is 0 Å². The summed E-state index contributed by atoms with van der Waals surface area (Å²) in [5, 5.41) is 1.89. The molecule has 0 spiro atoms. The van der Waals surface area contributed by atoms with Crippen molar-refractivity contribution in [3.05, 3.63) is 66.3 Å². The van der Waals surface area contributed by atoms with Crippen LogP contribution in [0, 0.1) is 7.14 Å². The van der Waals surface area contributed by atoms with E-state index in [2.05, 4.69) is 0 Å². The average Bonchev–Trinajstić information content (AvgIpc) is 3.09. The standard InChI is InChI=1S/C21H14I2O6S/c22-17-10-14(11-18(23)20(17)30(25,26)27)28-8-9-29-21(24)16-7-6-13-5-4-12-2-1-3-15(16)19(12)13/h1-7,10-11H,8-9H2,(H,25,26,27)/p-1. The van der Waals surface area contributed by atoms with Gasteiger partial charge in [0.05, 0.1) is 10.5 Å².